The normalized spacial score (nSPS) is 20.8. The molecular formula is C13H29IN4O. The summed E-state index contributed by atoms with van der Waals surface area (Å²) in [5.41, 5.74) is 5.90. The Hall–Kier alpha value is -0.0800. The average molecular weight is 384 g/mol. The Labute approximate surface area is 134 Å². The van der Waals surface area contributed by atoms with Gasteiger partial charge in [0, 0.05) is 24.2 Å². The van der Waals surface area contributed by atoms with Crippen molar-refractivity contribution >= 4 is 29.9 Å². The highest BCUT2D eigenvalue weighted by Crippen LogP contribution is 2.18. The Morgan fingerprint density at radius 2 is 2.05 bits per heavy atom. The molecule has 3 N–H and O–H groups in total. The summed E-state index contributed by atoms with van der Waals surface area (Å²) in [5, 5.41) is 3.16. The zero-order chi connectivity index (χ0) is 13.8. The molecule has 0 amide bonds. The standard InChI is InChI=1S/C13H28N4O.HI/c1-12(2,3)16-11(14)15-6-7-17-8-9-18-10-13(17,4)5;/h6-10H2,1-5H3,(H3,14,15,16);1H. The van der Waals surface area contributed by atoms with E-state index in [9.17, 15) is 0 Å². The van der Waals surface area contributed by atoms with E-state index in [1.165, 1.54) is 0 Å². The summed E-state index contributed by atoms with van der Waals surface area (Å²) in [7, 11) is 0. The highest BCUT2D eigenvalue weighted by atomic mass is 127. The Morgan fingerprint density at radius 1 is 1.42 bits per heavy atom. The zero-order valence-electron chi connectivity index (χ0n) is 12.8. The Balaban J connectivity index is 0.00000324. The molecule has 1 saturated heterocycles. The zero-order valence-corrected chi connectivity index (χ0v) is 15.2. The first-order chi connectivity index (χ1) is 8.21. The van der Waals surface area contributed by atoms with Crippen molar-refractivity contribution in [1.82, 2.24) is 10.2 Å². The lowest BCUT2D eigenvalue weighted by molar-refractivity contribution is -0.0491. The van der Waals surface area contributed by atoms with E-state index in [1.807, 2.05) is 0 Å². The van der Waals surface area contributed by atoms with Gasteiger partial charge in [-0.15, -0.1) is 24.0 Å². The first-order valence-electron chi connectivity index (χ1n) is 6.62. The van der Waals surface area contributed by atoms with Crippen LogP contribution in [0.25, 0.3) is 0 Å². The van der Waals surface area contributed by atoms with Gasteiger partial charge in [-0.2, -0.15) is 0 Å². The summed E-state index contributed by atoms with van der Waals surface area (Å²) >= 11 is 0. The summed E-state index contributed by atoms with van der Waals surface area (Å²) in [5.74, 6) is 0.522. The van der Waals surface area contributed by atoms with Gasteiger partial charge >= 0.3 is 0 Å². The summed E-state index contributed by atoms with van der Waals surface area (Å²) in [6.07, 6.45) is 0. The second-order valence-electron chi connectivity index (χ2n) is 6.49. The Morgan fingerprint density at radius 3 is 2.58 bits per heavy atom. The van der Waals surface area contributed by atoms with E-state index < -0.39 is 0 Å². The van der Waals surface area contributed by atoms with Gasteiger partial charge in [0.2, 0.25) is 0 Å². The molecule has 0 aliphatic carbocycles. The maximum absolute atomic E-state index is 5.84. The molecule has 0 atom stereocenters. The van der Waals surface area contributed by atoms with Gasteiger partial charge in [-0.3, -0.25) is 9.89 Å². The first kappa shape index (κ1) is 18.9. The summed E-state index contributed by atoms with van der Waals surface area (Å²) in [6, 6.07) is 0. The second-order valence-corrected chi connectivity index (χ2v) is 6.49. The molecule has 19 heavy (non-hydrogen) atoms. The van der Waals surface area contributed by atoms with Crippen molar-refractivity contribution in [3.05, 3.63) is 0 Å². The number of aliphatic imine (C=N–C) groups is 1. The number of guanidine groups is 1. The van der Waals surface area contributed by atoms with Gasteiger partial charge in [0.1, 0.15) is 0 Å². The fourth-order valence-electron chi connectivity index (χ4n) is 2.02. The van der Waals surface area contributed by atoms with Gasteiger partial charge in [0.15, 0.2) is 5.96 Å². The van der Waals surface area contributed by atoms with E-state index in [0.717, 1.165) is 32.8 Å². The van der Waals surface area contributed by atoms with Gasteiger partial charge in [-0.25, -0.2) is 0 Å². The lowest BCUT2D eigenvalue weighted by Gasteiger charge is -2.41. The van der Waals surface area contributed by atoms with Crippen LogP contribution >= 0.6 is 24.0 Å². The topological polar surface area (TPSA) is 62.9 Å². The van der Waals surface area contributed by atoms with Crippen molar-refractivity contribution in [1.29, 1.82) is 0 Å². The number of hydrogen-bond donors (Lipinski definition) is 2. The van der Waals surface area contributed by atoms with Crippen LogP contribution in [0, 0.1) is 0 Å². The molecule has 1 aliphatic heterocycles. The molecule has 0 aromatic carbocycles. The van der Waals surface area contributed by atoms with Gasteiger partial charge in [0.05, 0.1) is 19.8 Å². The Kier molecular flexibility index (Phi) is 7.60. The number of ether oxygens (including phenoxy) is 1. The van der Waals surface area contributed by atoms with Crippen LogP contribution < -0.4 is 11.1 Å². The van der Waals surface area contributed by atoms with Crippen LogP contribution in [0.5, 0.6) is 0 Å². The molecule has 1 fully saturated rings. The lowest BCUT2D eigenvalue weighted by atomic mass is 10.0. The quantitative estimate of drug-likeness (QED) is 0.439. The third kappa shape index (κ3) is 7.31. The molecule has 1 heterocycles. The summed E-state index contributed by atoms with van der Waals surface area (Å²) < 4.78 is 5.49. The van der Waals surface area contributed by atoms with Crippen molar-refractivity contribution in [2.45, 2.75) is 45.7 Å². The van der Waals surface area contributed by atoms with Gasteiger partial charge in [-0.1, -0.05) is 0 Å². The molecule has 6 heteroatoms. The molecule has 0 aromatic rings. The molecule has 0 aromatic heterocycles. The van der Waals surface area contributed by atoms with Crippen LogP contribution in [0.4, 0.5) is 0 Å². The fraction of sp³-hybridized carbons (Fsp3) is 0.923. The minimum atomic E-state index is -0.0359. The van der Waals surface area contributed by atoms with Crippen LogP contribution in [0.1, 0.15) is 34.6 Å². The molecule has 5 nitrogen and oxygen atoms in total. The van der Waals surface area contributed by atoms with Crippen LogP contribution in [0.2, 0.25) is 0 Å². The third-order valence-corrected chi connectivity index (χ3v) is 2.97. The molecule has 1 aliphatic rings. The number of nitrogens with two attached hydrogens (primary N) is 1. The number of halogens is 1. The number of hydrogen-bond acceptors (Lipinski definition) is 3. The highest BCUT2D eigenvalue weighted by Gasteiger charge is 2.29. The van der Waals surface area contributed by atoms with Crippen LogP contribution in [0.3, 0.4) is 0 Å². The summed E-state index contributed by atoms with van der Waals surface area (Å²) in [4.78, 5) is 6.78. The maximum Gasteiger partial charge on any atom is 0.189 e. The van der Waals surface area contributed by atoms with E-state index >= 15 is 0 Å². The Bertz CT molecular complexity index is 300. The average Bonchev–Trinajstić information content (AvgIpc) is 2.17. The minimum Gasteiger partial charge on any atom is -0.378 e. The van der Waals surface area contributed by atoms with Gasteiger partial charge in [0.25, 0.3) is 0 Å². The maximum atomic E-state index is 5.84. The summed E-state index contributed by atoms with van der Waals surface area (Å²) in [6.45, 7) is 14.8. The molecule has 0 radical (unpaired) electrons. The predicted molar refractivity (Wildman–Crippen MR) is 91.3 cm³/mol. The van der Waals surface area contributed by atoms with Crippen molar-refractivity contribution in [3.63, 3.8) is 0 Å². The van der Waals surface area contributed by atoms with Gasteiger partial charge in [-0.05, 0) is 34.6 Å². The molecule has 0 spiro atoms. The first-order valence-corrected chi connectivity index (χ1v) is 6.62. The SMILES string of the molecule is CC(C)(C)NC(N)=NCCN1CCOCC1(C)C.I. The number of nitrogens with zero attached hydrogens (tertiary/aromatic N) is 2. The van der Waals surface area contributed by atoms with Gasteiger partial charge < -0.3 is 15.8 Å². The molecule has 1 rings (SSSR count). The monoisotopic (exact) mass is 384 g/mol. The molecule has 0 bridgehead atoms. The van der Waals surface area contributed by atoms with E-state index in [-0.39, 0.29) is 35.1 Å². The number of rotatable bonds is 3. The van der Waals surface area contributed by atoms with Crippen LogP contribution in [-0.4, -0.2) is 54.8 Å². The molecule has 0 unspecified atom stereocenters. The highest BCUT2D eigenvalue weighted by molar-refractivity contribution is 14.0. The number of nitrogens with one attached hydrogen (secondary N) is 1. The van der Waals surface area contributed by atoms with Crippen LogP contribution in [-0.2, 0) is 4.74 Å². The molecular weight excluding hydrogens is 355 g/mol. The van der Waals surface area contributed by atoms with E-state index in [4.69, 9.17) is 10.5 Å². The van der Waals surface area contributed by atoms with Crippen molar-refractivity contribution < 1.29 is 4.74 Å². The predicted octanol–water partition coefficient (Wildman–Crippen LogP) is 1.42. The largest absolute Gasteiger partial charge is 0.378 e. The lowest BCUT2D eigenvalue weighted by Crippen LogP contribution is -2.53. The van der Waals surface area contributed by atoms with Crippen LogP contribution in [0.15, 0.2) is 4.99 Å². The van der Waals surface area contributed by atoms with E-state index in [2.05, 4.69) is 49.8 Å². The minimum absolute atomic E-state index is 0. The molecule has 114 valence electrons. The van der Waals surface area contributed by atoms with Crippen molar-refractivity contribution in [3.8, 4) is 0 Å². The fourth-order valence-corrected chi connectivity index (χ4v) is 2.02. The third-order valence-electron chi connectivity index (χ3n) is 2.97. The van der Waals surface area contributed by atoms with E-state index in [1.54, 1.807) is 0 Å². The van der Waals surface area contributed by atoms with Crippen molar-refractivity contribution in [2.24, 2.45) is 10.7 Å². The smallest absolute Gasteiger partial charge is 0.189 e. The van der Waals surface area contributed by atoms with E-state index in [0.29, 0.717) is 5.96 Å². The second kappa shape index (κ2) is 7.64. The molecule has 0 saturated carbocycles. The van der Waals surface area contributed by atoms with Crippen molar-refractivity contribution in [2.75, 3.05) is 32.8 Å². The number of morpholine rings is 1.